The molecule has 0 spiro atoms. The highest BCUT2D eigenvalue weighted by molar-refractivity contribution is 14.0. The molecule has 1 unspecified atom stereocenters. The molecule has 2 rings (SSSR count). The predicted octanol–water partition coefficient (Wildman–Crippen LogP) is 3.19. The van der Waals surface area contributed by atoms with Crippen molar-refractivity contribution in [1.82, 2.24) is 5.32 Å². The molecule has 3 N–H and O–H groups in total. The van der Waals surface area contributed by atoms with Gasteiger partial charge in [0.05, 0.1) is 13.2 Å². The summed E-state index contributed by atoms with van der Waals surface area (Å²) in [6.07, 6.45) is 4.51. The highest BCUT2D eigenvalue weighted by Crippen LogP contribution is 2.41. The molecule has 4 nitrogen and oxygen atoms in total. The molecular formula is C17H27FIN3O. The molecule has 1 fully saturated rings. The maximum atomic E-state index is 13.2. The van der Waals surface area contributed by atoms with Crippen molar-refractivity contribution in [1.29, 1.82) is 0 Å². The number of nitrogens with zero attached hydrogens (tertiary/aromatic N) is 1. The molecule has 1 aromatic carbocycles. The monoisotopic (exact) mass is 435 g/mol. The van der Waals surface area contributed by atoms with E-state index in [2.05, 4.69) is 10.3 Å². The third-order valence-electron chi connectivity index (χ3n) is 4.38. The lowest BCUT2D eigenvalue weighted by molar-refractivity contribution is 0.179. The number of halogens is 2. The predicted molar refractivity (Wildman–Crippen MR) is 103 cm³/mol. The van der Waals surface area contributed by atoms with Crippen LogP contribution in [-0.4, -0.2) is 32.3 Å². The minimum absolute atomic E-state index is 0. The molecular weight excluding hydrogens is 408 g/mol. The highest BCUT2D eigenvalue weighted by Gasteiger charge is 2.35. The number of ether oxygens (including phenoxy) is 1. The quantitative estimate of drug-likeness (QED) is 0.410. The SMILES string of the molecule is COCC(C)NC(N)=NCC1(c2ccc(F)cc2)CCCC1.I. The zero-order chi connectivity index (χ0) is 16.0. The van der Waals surface area contributed by atoms with Crippen molar-refractivity contribution in [2.24, 2.45) is 10.7 Å². The number of guanidine groups is 1. The second kappa shape index (κ2) is 9.42. The second-order valence-corrected chi connectivity index (χ2v) is 6.20. The molecule has 1 aromatic rings. The van der Waals surface area contributed by atoms with E-state index < -0.39 is 0 Å². The Morgan fingerprint density at radius 3 is 2.52 bits per heavy atom. The Morgan fingerprint density at radius 1 is 1.35 bits per heavy atom. The van der Waals surface area contributed by atoms with Crippen LogP contribution in [0.25, 0.3) is 0 Å². The van der Waals surface area contributed by atoms with E-state index in [0.29, 0.717) is 19.1 Å². The molecule has 1 aliphatic carbocycles. The van der Waals surface area contributed by atoms with Gasteiger partial charge in [-0.05, 0) is 37.5 Å². The van der Waals surface area contributed by atoms with Gasteiger partial charge in [-0.15, -0.1) is 24.0 Å². The molecule has 130 valence electrons. The van der Waals surface area contributed by atoms with E-state index in [1.165, 1.54) is 25.0 Å². The second-order valence-electron chi connectivity index (χ2n) is 6.20. The number of aliphatic imine (C=N–C) groups is 1. The van der Waals surface area contributed by atoms with Gasteiger partial charge in [-0.3, -0.25) is 4.99 Å². The van der Waals surface area contributed by atoms with Gasteiger partial charge in [-0.1, -0.05) is 25.0 Å². The van der Waals surface area contributed by atoms with Crippen molar-refractivity contribution < 1.29 is 9.13 Å². The van der Waals surface area contributed by atoms with Gasteiger partial charge < -0.3 is 15.8 Å². The van der Waals surface area contributed by atoms with Crippen LogP contribution in [0.4, 0.5) is 4.39 Å². The van der Waals surface area contributed by atoms with E-state index in [1.807, 2.05) is 19.1 Å². The third kappa shape index (κ3) is 5.60. The number of methoxy groups -OCH3 is 1. The van der Waals surface area contributed by atoms with Gasteiger partial charge in [0.1, 0.15) is 5.82 Å². The lowest BCUT2D eigenvalue weighted by atomic mass is 9.79. The molecule has 1 saturated carbocycles. The number of hydrogen-bond acceptors (Lipinski definition) is 2. The standard InChI is InChI=1S/C17H26FN3O.HI/c1-13(11-22-2)21-16(19)20-12-17(9-3-4-10-17)14-5-7-15(18)8-6-14;/h5-8,13H,3-4,9-12H2,1-2H3,(H3,19,20,21);1H. The van der Waals surface area contributed by atoms with Crippen LogP contribution in [-0.2, 0) is 10.2 Å². The van der Waals surface area contributed by atoms with Crippen molar-refractivity contribution in [2.45, 2.75) is 44.1 Å². The fraction of sp³-hybridized carbons (Fsp3) is 0.588. The van der Waals surface area contributed by atoms with Crippen LogP contribution in [0.15, 0.2) is 29.3 Å². The molecule has 0 bridgehead atoms. The number of rotatable bonds is 6. The number of nitrogens with one attached hydrogen (secondary N) is 1. The van der Waals surface area contributed by atoms with Gasteiger partial charge in [0.15, 0.2) is 5.96 Å². The topological polar surface area (TPSA) is 59.6 Å². The van der Waals surface area contributed by atoms with E-state index in [0.717, 1.165) is 18.4 Å². The van der Waals surface area contributed by atoms with Crippen molar-refractivity contribution in [3.63, 3.8) is 0 Å². The van der Waals surface area contributed by atoms with Crippen molar-refractivity contribution in [3.05, 3.63) is 35.6 Å². The minimum atomic E-state index is -0.199. The van der Waals surface area contributed by atoms with Crippen molar-refractivity contribution in [3.8, 4) is 0 Å². The highest BCUT2D eigenvalue weighted by atomic mass is 127. The first kappa shape index (κ1) is 20.2. The van der Waals surface area contributed by atoms with Crippen LogP contribution in [0.1, 0.15) is 38.2 Å². The normalized spacial score (nSPS) is 18.3. The number of benzene rings is 1. The van der Waals surface area contributed by atoms with Gasteiger partial charge in [0.2, 0.25) is 0 Å². The van der Waals surface area contributed by atoms with E-state index in [4.69, 9.17) is 10.5 Å². The van der Waals surface area contributed by atoms with Gasteiger partial charge in [0, 0.05) is 18.6 Å². The first-order valence-corrected chi connectivity index (χ1v) is 7.87. The summed E-state index contributed by atoms with van der Waals surface area (Å²) in [6.45, 7) is 3.22. The fourth-order valence-corrected chi connectivity index (χ4v) is 3.22. The Hall–Kier alpha value is -0.890. The summed E-state index contributed by atoms with van der Waals surface area (Å²) in [5.74, 6) is 0.243. The van der Waals surface area contributed by atoms with Crippen LogP contribution >= 0.6 is 24.0 Å². The van der Waals surface area contributed by atoms with E-state index in [1.54, 1.807) is 7.11 Å². The maximum absolute atomic E-state index is 13.2. The molecule has 0 aliphatic heterocycles. The van der Waals surface area contributed by atoms with Gasteiger partial charge in [-0.2, -0.15) is 0 Å². The van der Waals surface area contributed by atoms with Crippen LogP contribution in [0.3, 0.4) is 0 Å². The summed E-state index contributed by atoms with van der Waals surface area (Å²) in [7, 11) is 1.66. The zero-order valence-electron chi connectivity index (χ0n) is 13.8. The molecule has 1 atom stereocenters. The minimum Gasteiger partial charge on any atom is -0.383 e. The molecule has 0 aromatic heterocycles. The van der Waals surface area contributed by atoms with Crippen molar-refractivity contribution >= 4 is 29.9 Å². The summed E-state index contributed by atoms with van der Waals surface area (Å²) >= 11 is 0. The van der Waals surface area contributed by atoms with E-state index >= 15 is 0 Å². The summed E-state index contributed by atoms with van der Waals surface area (Å²) in [4.78, 5) is 4.53. The van der Waals surface area contributed by atoms with Crippen LogP contribution in [0.2, 0.25) is 0 Å². The lowest BCUT2D eigenvalue weighted by Crippen LogP contribution is -2.41. The zero-order valence-corrected chi connectivity index (χ0v) is 16.2. The summed E-state index contributed by atoms with van der Waals surface area (Å²) in [5.41, 5.74) is 7.12. The molecule has 0 saturated heterocycles. The average Bonchev–Trinajstić information content (AvgIpc) is 2.96. The average molecular weight is 435 g/mol. The molecule has 6 heteroatoms. The third-order valence-corrected chi connectivity index (χ3v) is 4.38. The lowest BCUT2D eigenvalue weighted by Gasteiger charge is -2.28. The van der Waals surface area contributed by atoms with Crippen molar-refractivity contribution in [2.75, 3.05) is 20.3 Å². The van der Waals surface area contributed by atoms with E-state index in [-0.39, 0.29) is 41.3 Å². The summed E-state index contributed by atoms with van der Waals surface area (Å²) in [6, 6.07) is 6.95. The number of hydrogen-bond donors (Lipinski definition) is 2. The van der Waals surface area contributed by atoms with Gasteiger partial charge in [0.25, 0.3) is 0 Å². The molecule has 0 radical (unpaired) electrons. The first-order chi connectivity index (χ1) is 10.6. The molecule has 0 amide bonds. The Balaban J connectivity index is 0.00000264. The Bertz CT molecular complexity index is 501. The molecule has 0 heterocycles. The summed E-state index contributed by atoms with van der Waals surface area (Å²) in [5, 5.41) is 3.13. The Labute approximate surface area is 155 Å². The molecule has 23 heavy (non-hydrogen) atoms. The Kier molecular flexibility index (Phi) is 8.25. The smallest absolute Gasteiger partial charge is 0.188 e. The Morgan fingerprint density at radius 2 is 1.96 bits per heavy atom. The van der Waals surface area contributed by atoms with Crippen LogP contribution in [0.5, 0.6) is 0 Å². The van der Waals surface area contributed by atoms with E-state index in [9.17, 15) is 4.39 Å². The van der Waals surface area contributed by atoms with Gasteiger partial charge in [-0.25, -0.2) is 4.39 Å². The van der Waals surface area contributed by atoms with Gasteiger partial charge >= 0.3 is 0 Å². The molecule has 1 aliphatic rings. The largest absolute Gasteiger partial charge is 0.383 e. The van der Waals surface area contributed by atoms with Crippen LogP contribution < -0.4 is 11.1 Å². The fourth-order valence-electron chi connectivity index (χ4n) is 3.22. The van der Waals surface area contributed by atoms with Crippen LogP contribution in [0, 0.1) is 5.82 Å². The number of nitrogens with two attached hydrogens (primary N) is 1. The summed E-state index contributed by atoms with van der Waals surface area (Å²) < 4.78 is 18.2. The first-order valence-electron chi connectivity index (χ1n) is 7.87. The maximum Gasteiger partial charge on any atom is 0.188 e.